The Bertz CT molecular complexity index is 779. The minimum atomic E-state index is -0.281. The van der Waals surface area contributed by atoms with Crippen LogP contribution in [0.4, 0.5) is 0 Å². The second-order valence-corrected chi connectivity index (χ2v) is 7.85. The third-order valence-corrected chi connectivity index (χ3v) is 6.05. The molecule has 0 saturated carbocycles. The molecule has 0 aliphatic carbocycles. The van der Waals surface area contributed by atoms with Crippen LogP contribution in [0.3, 0.4) is 0 Å². The number of Topliss-reactive ketones (excluding diaryl/α,β-unsaturated/α-hetero) is 1. The monoisotopic (exact) mass is 362 g/mol. The van der Waals surface area contributed by atoms with E-state index in [9.17, 15) is 9.59 Å². The molecule has 4 nitrogen and oxygen atoms in total. The molecule has 0 N–H and O–H groups in total. The molecule has 3 saturated heterocycles. The van der Waals surface area contributed by atoms with Crippen molar-refractivity contribution in [3.8, 4) is 0 Å². The van der Waals surface area contributed by atoms with Gasteiger partial charge in [0, 0.05) is 32.5 Å². The SMILES string of the molecule is CN(C)C(=O)[C@H]1C[C@@H]2CCN1[C@H](C(c1ccccc1)c1ccccc1)C2=O. The Morgan fingerprint density at radius 1 is 1.00 bits per heavy atom. The van der Waals surface area contributed by atoms with Crippen molar-refractivity contribution in [1.82, 2.24) is 9.80 Å². The number of piperidine rings is 3. The first-order chi connectivity index (χ1) is 13.1. The molecule has 27 heavy (non-hydrogen) atoms. The molecule has 140 valence electrons. The van der Waals surface area contributed by atoms with Gasteiger partial charge in [0.25, 0.3) is 0 Å². The van der Waals surface area contributed by atoms with E-state index in [1.165, 1.54) is 0 Å². The first-order valence-corrected chi connectivity index (χ1v) is 9.68. The molecule has 2 aromatic carbocycles. The molecule has 3 heterocycles. The van der Waals surface area contributed by atoms with Crippen molar-refractivity contribution < 1.29 is 9.59 Å². The van der Waals surface area contributed by atoms with E-state index < -0.39 is 0 Å². The predicted octanol–water partition coefficient (Wildman–Crippen LogP) is 2.94. The molecule has 1 amide bonds. The van der Waals surface area contributed by atoms with E-state index in [1.807, 2.05) is 36.4 Å². The largest absolute Gasteiger partial charge is 0.347 e. The summed E-state index contributed by atoms with van der Waals surface area (Å²) in [5.74, 6) is 0.336. The first kappa shape index (κ1) is 17.9. The van der Waals surface area contributed by atoms with Gasteiger partial charge in [-0.15, -0.1) is 0 Å². The third-order valence-electron chi connectivity index (χ3n) is 6.05. The Balaban J connectivity index is 1.79. The maximum atomic E-state index is 13.3. The Morgan fingerprint density at radius 2 is 1.56 bits per heavy atom. The zero-order valence-electron chi connectivity index (χ0n) is 15.9. The number of hydrogen-bond donors (Lipinski definition) is 0. The minimum absolute atomic E-state index is 0.0103. The van der Waals surface area contributed by atoms with Crippen LogP contribution in [0.15, 0.2) is 60.7 Å². The lowest BCUT2D eigenvalue weighted by Gasteiger charge is -2.51. The molecule has 1 unspecified atom stereocenters. The molecule has 3 aliphatic rings. The Morgan fingerprint density at radius 3 is 2.07 bits per heavy atom. The summed E-state index contributed by atoms with van der Waals surface area (Å²) in [5.41, 5.74) is 2.26. The van der Waals surface area contributed by atoms with Gasteiger partial charge in [-0.2, -0.15) is 0 Å². The van der Waals surface area contributed by atoms with Crippen LogP contribution in [0.5, 0.6) is 0 Å². The van der Waals surface area contributed by atoms with Crippen LogP contribution < -0.4 is 0 Å². The predicted molar refractivity (Wildman–Crippen MR) is 105 cm³/mol. The number of carbonyl (C=O) groups is 2. The fraction of sp³-hybridized carbons (Fsp3) is 0.391. The average Bonchev–Trinajstić information content (AvgIpc) is 2.71. The van der Waals surface area contributed by atoms with Crippen LogP contribution in [0.2, 0.25) is 0 Å². The van der Waals surface area contributed by atoms with Gasteiger partial charge in [-0.05, 0) is 24.0 Å². The van der Waals surface area contributed by atoms with Gasteiger partial charge in [0.05, 0.1) is 12.1 Å². The van der Waals surface area contributed by atoms with Gasteiger partial charge >= 0.3 is 0 Å². The summed E-state index contributed by atoms with van der Waals surface area (Å²) >= 11 is 0. The van der Waals surface area contributed by atoms with E-state index >= 15 is 0 Å². The molecule has 0 radical (unpaired) electrons. The van der Waals surface area contributed by atoms with E-state index in [1.54, 1.807) is 19.0 Å². The van der Waals surface area contributed by atoms with Crippen LogP contribution in [-0.4, -0.2) is 54.2 Å². The van der Waals surface area contributed by atoms with E-state index in [4.69, 9.17) is 0 Å². The topological polar surface area (TPSA) is 40.6 Å². The standard InChI is InChI=1S/C23H26N2O2/c1-24(2)23(27)19-15-18-13-14-25(19)21(22(18)26)20(16-9-5-3-6-10-16)17-11-7-4-8-12-17/h3-12,18-21H,13-15H2,1-2H3/t18-,19+,21+/m0/s1. The van der Waals surface area contributed by atoms with E-state index in [0.717, 1.165) is 24.1 Å². The molecular weight excluding hydrogens is 336 g/mol. The van der Waals surface area contributed by atoms with Crippen molar-refractivity contribution >= 4 is 11.7 Å². The molecule has 4 atom stereocenters. The summed E-state index contributed by atoms with van der Waals surface area (Å²) in [6.45, 7) is 0.807. The van der Waals surface area contributed by atoms with Crippen molar-refractivity contribution in [3.05, 3.63) is 71.8 Å². The lowest BCUT2D eigenvalue weighted by Crippen LogP contribution is -2.65. The highest BCUT2D eigenvalue weighted by atomic mass is 16.2. The van der Waals surface area contributed by atoms with Crippen molar-refractivity contribution in [2.45, 2.75) is 30.8 Å². The molecule has 0 spiro atoms. The van der Waals surface area contributed by atoms with Crippen LogP contribution in [0, 0.1) is 5.92 Å². The lowest BCUT2D eigenvalue weighted by molar-refractivity contribution is -0.151. The quantitative estimate of drug-likeness (QED) is 0.840. The molecular formula is C23H26N2O2. The first-order valence-electron chi connectivity index (χ1n) is 9.68. The highest BCUT2D eigenvalue weighted by molar-refractivity contribution is 5.93. The van der Waals surface area contributed by atoms with Crippen molar-refractivity contribution in [1.29, 1.82) is 0 Å². The number of hydrogen-bond acceptors (Lipinski definition) is 3. The van der Waals surface area contributed by atoms with E-state index in [-0.39, 0.29) is 29.8 Å². The molecule has 2 aromatic rings. The summed E-state index contributed by atoms with van der Waals surface area (Å²) in [7, 11) is 3.60. The van der Waals surface area contributed by atoms with Gasteiger partial charge < -0.3 is 4.90 Å². The number of likely N-dealkylation sites (N-methyl/N-ethyl adjacent to an activating group) is 1. The van der Waals surface area contributed by atoms with Gasteiger partial charge in [-0.1, -0.05) is 60.7 Å². The Kier molecular flexibility index (Phi) is 4.83. The van der Waals surface area contributed by atoms with Crippen molar-refractivity contribution in [2.24, 2.45) is 5.92 Å². The molecule has 4 heteroatoms. The van der Waals surface area contributed by atoms with Gasteiger partial charge in [0.15, 0.2) is 5.78 Å². The fourth-order valence-electron chi connectivity index (χ4n) is 4.75. The highest BCUT2D eigenvalue weighted by Gasteiger charge is 2.51. The smallest absolute Gasteiger partial charge is 0.239 e. The van der Waals surface area contributed by atoms with Crippen molar-refractivity contribution in [3.63, 3.8) is 0 Å². The summed E-state index contributed by atoms with van der Waals surface area (Å²) in [6, 6.07) is 20.0. The molecule has 5 rings (SSSR count). The zero-order valence-corrected chi connectivity index (χ0v) is 15.9. The van der Waals surface area contributed by atoms with Crippen LogP contribution >= 0.6 is 0 Å². The summed E-state index contributed by atoms with van der Waals surface area (Å²) in [5, 5.41) is 0. The normalized spacial score (nSPS) is 27.0. The second-order valence-electron chi connectivity index (χ2n) is 7.85. The van der Waals surface area contributed by atoms with Crippen LogP contribution in [-0.2, 0) is 9.59 Å². The minimum Gasteiger partial charge on any atom is -0.347 e. The van der Waals surface area contributed by atoms with Gasteiger partial charge in [-0.3, -0.25) is 14.5 Å². The number of rotatable bonds is 4. The Hall–Kier alpha value is -2.46. The maximum Gasteiger partial charge on any atom is 0.239 e. The van der Waals surface area contributed by atoms with E-state index in [0.29, 0.717) is 12.2 Å². The molecule has 2 bridgehead atoms. The molecule has 3 aliphatic heterocycles. The number of carbonyl (C=O) groups excluding carboxylic acids is 2. The molecule has 0 aromatic heterocycles. The molecule has 3 fully saturated rings. The second kappa shape index (κ2) is 7.28. The van der Waals surface area contributed by atoms with Gasteiger partial charge in [-0.25, -0.2) is 0 Å². The van der Waals surface area contributed by atoms with Crippen LogP contribution in [0.25, 0.3) is 0 Å². The fourth-order valence-corrected chi connectivity index (χ4v) is 4.75. The van der Waals surface area contributed by atoms with Crippen LogP contribution in [0.1, 0.15) is 29.9 Å². The third kappa shape index (κ3) is 3.19. The highest BCUT2D eigenvalue weighted by Crippen LogP contribution is 2.42. The summed E-state index contributed by atoms with van der Waals surface area (Å²) in [6.07, 6.45) is 1.52. The average molecular weight is 362 g/mol. The van der Waals surface area contributed by atoms with Crippen molar-refractivity contribution in [2.75, 3.05) is 20.6 Å². The number of ketones is 1. The number of nitrogens with zero attached hydrogens (tertiary/aromatic N) is 2. The number of fused-ring (bicyclic) bond motifs is 3. The number of benzene rings is 2. The number of amides is 1. The zero-order chi connectivity index (χ0) is 19.0. The summed E-state index contributed by atoms with van der Waals surface area (Å²) < 4.78 is 0. The maximum absolute atomic E-state index is 13.3. The van der Waals surface area contributed by atoms with Gasteiger partial charge in [0.2, 0.25) is 5.91 Å². The Labute approximate surface area is 160 Å². The van der Waals surface area contributed by atoms with Gasteiger partial charge in [0.1, 0.15) is 0 Å². The summed E-state index contributed by atoms with van der Waals surface area (Å²) in [4.78, 5) is 30.0. The van der Waals surface area contributed by atoms with E-state index in [2.05, 4.69) is 29.2 Å². The lowest BCUT2D eigenvalue weighted by atomic mass is 9.70.